The molecule has 0 saturated heterocycles. The SMILES string of the molecule is COc1ccc(OCCCC(=O)Nc2nc3c(s2)CN(Cc2ccccc2)CC3)cc1. The Morgan fingerprint density at radius 3 is 2.68 bits per heavy atom. The molecule has 0 spiro atoms. The fourth-order valence-corrected chi connectivity index (χ4v) is 4.62. The van der Waals surface area contributed by atoms with Gasteiger partial charge in [0.2, 0.25) is 5.91 Å². The number of carbonyl (C=O) groups is 1. The highest BCUT2D eigenvalue weighted by molar-refractivity contribution is 7.15. The summed E-state index contributed by atoms with van der Waals surface area (Å²) < 4.78 is 10.8. The second-order valence-corrected chi connectivity index (χ2v) is 8.59. The maximum Gasteiger partial charge on any atom is 0.226 e. The highest BCUT2D eigenvalue weighted by Crippen LogP contribution is 2.29. The standard InChI is InChI=1S/C24H27N3O3S/c1-29-19-9-11-20(12-10-19)30-15-5-8-23(28)26-24-25-21-13-14-27(17-22(21)31-24)16-18-6-3-2-4-7-18/h2-4,6-7,9-12H,5,8,13-17H2,1H3,(H,25,26,28). The minimum Gasteiger partial charge on any atom is -0.497 e. The third-order valence-electron chi connectivity index (χ3n) is 5.18. The van der Waals surface area contributed by atoms with Crippen LogP contribution in [0.3, 0.4) is 0 Å². The molecular formula is C24H27N3O3S. The molecule has 1 aliphatic heterocycles. The number of ether oxygens (including phenoxy) is 2. The molecule has 1 amide bonds. The molecule has 1 aromatic heterocycles. The van der Waals surface area contributed by atoms with Crippen molar-refractivity contribution in [2.45, 2.75) is 32.4 Å². The van der Waals surface area contributed by atoms with Crippen LogP contribution in [0.1, 0.15) is 29.0 Å². The zero-order valence-corrected chi connectivity index (χ0v) is 18.5. The molecule has 1 aliphatic rings. The molecule has 0 bridgehead atoms. The van der Waals surface area contributed by atoms with Crippen LogP contribution in [0.15, 0.2) is 54.6 Å². The minimum absolute atomic E-state index is 0.0226. The van der Waals surface area contributed by atoms with Crippen LogP contribution in [-0.4, -0.2) is 36.1 Å². The predicted octanol–water partition coefficient (Wildman–Crippen LogP) is 4.51. The van der Waals surface area contributed by atoms with Gasteiger partial charge in [0.15, 0.2) is 5.13 Å². The van der Waals surface area contributed by atoms with Crippen LogP contribution in [0.5, 0.6) is 11.5 Å². The van der Waals surface area contributed by atoms with Gasteiger partial charge in [-0.3, -0.25) is 9.69 Å². The van der Waals surface area contributed by atoms with Crippen molar-refractivity contribution >= 4 is 22.4 Å². The lowest BCUT2D eigenvalue weighted by Gasteiger charge is -2.25. The van der Waals surface area contributed by atoms with E-state index in [1.54, 1.807) is 18.4 Å². The number of amides is 1. The number of benzene rings is 2. The first kappa shape index (κ1) is 21.3. The maximum absolute atomic E-state index is 12.3. The monoisotopic (exact) mass is 437 g/mol. The fourth-order valence-electron chi connectivity index (χ4n) is 3.55. The Labute approximate surface area is 186 Å². The quantitative estimate of drug-likeness (QED) is 0.499. The van der Waals surface area contributed by atoms with Gasteiger partial charge in [-0.15, -0.1) is 11.3 Å². The summed E-state index contributed by atoms with van der Waals surface area (Å²) in [5, 5.41) is 3.66. The Morgan fingerprint density at radius 1 is 1.13 bits per heavy atom. The fraction of sp³-hybridized carbons (Fsp3) is 0.333. The van der Waals surface area contributed by atoms with E-state index in [2.05, 4.69) is 39.5 Å². The molecule has 3 aromatic rings. The van der Waals surface area contributed by atoms with Crippen molar-refractivity contribution in [3.05, 3.63) is 70.7 Å². The topological polar surface area (TPSA) is 63.7 Å². The van der Waals surface area contributed by atoms with Gasteiger partial charge in [0, 0.05) is 37.4 Å². The summed E-state index contributed by atoms with van der Waals surface area (Å²) in [6, 6.07) is 17.9. The summed E-state index contributed by atoms with van der Waals surface area (Å²) in [5.74, 6) is 1.54. The summed E-state index contributed by atoms with van der Waals surface area (Å²) in [5.41, 5.74) is 2.44. The molecule has 7 heteroatoms. The van der Waals surface area contributed by atoms with Crippen molar-refractivity contribution in [2.75, 3.05) is 25.6 Å². The molecule has 0 radical (unpaired) electrons. The van der Waals surface area contributed by atoms with Crippen LogP contribution in [0.2, 0.25) is 0 Å². The van der Waals surface area contributed by atoms with Gasteiger partial charge in [0.25, 0.3) is 0 Å². The molecule has 2 aromatic carbocycles. The number of carbonyl (C=O) groups excluding carboxylic acids is 1. The van der Waals surface area contributed by atoms with Crippen molar-refractivity contribution in [3.63, 3.8) is 0 Å². The average Bonchev–Trinajstić information content (AvgIpc) is 3.19. The van der Waals surface area contributed by atoms with Crippen LogP contribution >= 0.6 is 11.3 Å². The summed E-state index contributed by atoms with van der Waals surface area (Å²) in [4.78, 5) is 20.6. The second kappa shape index (κ2) is 10.4. The number of hydrogen-bond donors (Lipinski definition) is 1. The number of methoxy groups -OCH3 is 1. The summed E-state index contributed by atoms with van der Waals surface area (Å²) in [6.45, 7) is 3.30. The van der Waals surface area contributed by atoms with Gasteiger partial charge in [-0.25, -0.2) is 4.98 Å². The van der Waals surface area contributed by atoms with E-state index >= 15 is 0 Å². The van der Waals surface area contributed by atoms with Crippen molar-refractivity contribution in [3.8, 4) is 11.5 Å². The zero-order chi connectivity index (χ0) is 21.5. The molecular weight excluding hydrogens is 410 g/mol. The molecule has 6 nitrogen and oxygen atoms in total. The van der Waals surface area contributed by atoms with Crippen molar-refractivity contribution < 1.29 is 14.3 Å². The molecule has 0 aliphatic carbocycles. The van der Waals surface area contributed by atoms with Crippen LogP contribution < -0.4 is 14.8 Å². The van der Waals surface area contributed by atoms with Crippen LogP contribution in [-0.2, 0) is 24.3 Å². The van der Waals surface area contributed by atoms with E-state index in [4.69, 9.17) is 9.47 Å². The molecule has 4 rings (SSSR count). The highest BCUT2D eigenvalue weighted by atomic mass is 32.1. The van der Waals surface area contributed by atoms with Crippen LogP contribution in [0, 0.1) is 0 Å². The van der Waals surface area contributed by atoms with E-state index in [0.717, 1.165) is 43.2 Å². The molecule has 0 unspecified atom stereocenters. The van der Waals surface area contributed by atoms with Crippen molar-refractivity contribution in [1.29, 1.82) is 0 Å². The van der Waals surface area contributed by atoms with E-state index in [-0.39, 0.29) is 5.91 Å². The lowest BCUT2D eigenvalue weighted by molar-refractivity contribution is -0.116. The van der Waals surface area contributed by atoms with Crippen molar-refractivity contribution in [1.82, 2.24) is 9.88 Å². The zero-order valence-electron chi connectivity index (χ0n) is 17.7. The molecule has 0 saturated carbocycles. The van der Waals surface area contributed by atoms with E-state index in [9.17, 15) is 4.79 Å². The average molecular weight is 438 g/mol. The normalized spacial score (nSPS) is 13.5. The third-order valence-corrected chi connectivity index (χ3v) is 6.18. The molecule has 31 heavy (non-hydrogen) atoms. The predicted molar refractivity (Wildman–Crippen MR) is 123 cm³/mol. The summed E-state index contributed by atoms with van der Waals surface area (Å²) in [6.07, 6.45) is 1.97. The first-order valence-corrected chi connectivity index (χ1v) is 11.3. The Hall–Kier alpha value is -2.90. The first-order valence-electron chi connectivity index (χ1n) is 10.5. The van der Waals surface area contributed by atoms with Gasteiger partial charge < -0.3 is 14.8 Å². The Bertz CT molecular complexity index is 989. The van der Waals surface area contributed by atoms with E-state index in [0.29, 0.717) is 24.6 Å². The molecule has 162 valence electrons. The number of nitrogens with zero attached hydrogens (tertiary/aromatic N) is 2. The Kier molecular flexibility index (Phi) is 7.17. The Balaban J connectivity index is 1.20. The summed E-state index contributed by atoms with van der Waals surface area (Å²) >= 11 is 1.59. The molecule has 0 fully saturated rings. The maximum atomic E-state index is 12.3. The number of thiazole rings is 1. The summed E-state index contributed by atoms with van der Waals surface area (Å²) in [7, 11) is 1.63. The van der Waals surface area contributed by atoms with Gasteiger partial charge in [-0.2, -0.15) is 0 Å². The number of nitrogens with one attached hydrogen (secondary N) is 1. The van der Waals surface area contributed by atoms with Gasteiger partial charge >= 0.3 is 0 Å². The van der Waals surface area contributed by atoms with Gasteiger partial charge in [-0.1, -0.05) is 30.3 Å². The van der Waals surface area contributed by atoms with Gasteiger partial charge in [0.05, 0.1) is 19.4 Å². The van der Waals surface area contributed by atoms with E-state index in [1.165, 1.54) is 10.4 Å². The number of rotatable bonds is 9. The molecule has 2 heterocycles. The van der Waals surface area contributed by atoms with E-state index < -0.39 is 0 Å². The molecule has 0 atom stereocenters. The van der Waals surface area contributed by atoms with Crippen LogP contribution in [0.4, 0.5) is 5.13 Å². The number of aromatic nitrogens is 1. The lowest BCUT2D eigenvalue weighted by atomic mass is 10.1. The second-order valence-electron chi connectivity index (χ2n) is 7.51. The number of hydrogen-bond acceptors (Lipinski definition) is 6. The largest absolute Gasteiger partial charge is 0.497 e. The van der Waals surface area contributed by atoms with Crippen LogP contribution in [0.25, 0.3) is 0 Å². The van der Waals surface area contributed by atoms with E-state index in [1.807, 2.05) is 30.3 Å². The third kappa shape index (κ3) is 6.06. The number of fused-ring (bicyclic) bond motifs is 1. The van der Waals surface area contributed by atoms with Crippen molar-refractivity contribution in [2.24, 2.45) is 0 Å². The minimum atomic E-state index is -0.0226. The Morgan fingerprint density at radius 2 is 1.90 bits per heavy atom. The van der Waals surface area contributed by atoms with Gasteiger partial charge in [0.1, 0.15) is 11.5 Å². The van der Waals surface area contributed by atoms with Gasteiger partial charge in [-0.05, 0) is 36.2 Å². The molecule has 1 N–H and O–H groups in total. The lowest BCUT2D eigenvalue weighted by Crippen LogP contribution is -2.29. The first-order chi connectivity index (χ1) is 15.2. The smallest absolute Gasteiger partial charge is 0.226 e. The highest BCUT2D eigenvalue weighted by Gasteiger charge is 2.21. The number of anilines is 1.